The zero-order valence-electron chi connectivity index (χ0n) is 14.2. The van der Waals surface area contributed by atoms with Crippen molar-refractivity contribution in [3.05, 3.63) is 65.7 Å². The van der Waals surface area contributed by atoms with E-state index < -0.39 is 0 Å². The van der Waals surface area contributed by atoms with Crippen LogP contribution >= 0.6 is 0 Å². The number of benzene rings is 2. The van der Waals surface area contributed by atoms with Gasteiger partial charge in [0, 0.05) is 32.9 Å². The van der Waals surface area contributed by atoms with Crippen LogP contribution in [0.4, 0.5) is 5.69 Å². The standard InChI is InChI=1S/C20H26N2O/c1-21(2)19-10-6-17(7-11-19)5-4-15-22(3)16-14-18-8-12-20(23)13-9-18/h4-13,23H,14-16H2,1-3H3/b5-4+. The molecule has 0 radical (unpaired) electrons. The van der Waals surface area contributed by atoms with Gasteiger partial charge in [0.1, 0.15) is 5.75 Å². The van der Waals surface area contributed by atoms with Gasteiger partial charge in [0.25, 0.3) is 0 Å². The van der Waals surface area contributed by atoms with Gasteiger partial charge in [-0.25, -0.2) is 0 Å². The normalized spacial score (nSPS) is 11.3. The third kappa shape index (κ3) is 5.80. The van der Waals surface area contributed by atoms with Crippen LogP contribution in [-0.4, -0.2) is 44.2 Å². The zero-order chi connectivity index (χ0) is 16.7. The van der Waals surface area contributed by atoms with E-state index >= 15 is 0 Å². The first-order valence-corrected chi connectivity index (χ1v) is 7.95. The lowest BCUT2D eigenvalue weighted by Crippen LogP contribution is -2.21. The molecule has 0 atom stereocenters. The number of hydrogen-bond acceptors (Lipinski definition) is 3. The maximum Gasteiger partial charge on any atom is 0.115 e. The molecule has 0 aliphatic carbocycles. The van der Waals surface area contributed by atoms with Crippen molar-refractivity contribution in [1.82, 2.24) is 4.90 Å². The lowest BCUT2D eigenvalue weighted by Gasteiger charge is -2.14. The summed E-state index contributed by atoms with van der Waals surface area (Å²) in [6.07, 6.45) is 5.35. The Balaban J connectivity index is 1.76. The molecule has 0 saturated heterocycles. The summed E-state index contributed by atoms with van der Waals surface area (Å²) < 4.78 is 0. The lowest BCUT2D eigenvalue weighted by atomic mass is 10.1. The molecule has 0 bridgehead atoms. The monoisotopic (exact) mass is 310 g/mol. The molecule has 2 rings (SSSR count). The quantitative estimate of drug-likeness (QED) is 0.845. The van der Waals surface area contributed by atoms with E-state index in [-0.39, 0.29) is 0 Å². The predicted molar refractivity (Wildman–Crippen MR) is 99.1 cm³/mol. The SMILES string of the molecule is CN(C/C=C/c1ccc(N(C)C)cc1)CCc1ccc(O)cc1. The van der Waals surface area contributed by atoms with Gasteiger partial charge in [-0.05, 0) is 48.9 Å². The van der Waals surface area contributed by atoms with Crippen LogP contribution in [0.3, 0.4) is 0 Å². The molecule has 0 amide bonds. The van der Waals surface area contributed by atoms with Crippen LogP contribution in [-0.2, 0) is 6.42 Å². The first-order chi connectivity index (χ1) is 11.0. The number of anilines is 1. The number of likely N-dealkylation sites (N-methyl/N-ethyl adjacent to an activating group) is 1. The molecule has 0 heterocycles. The Morgan fingerprint density at radius 2 is 1.57 bits per heavy atom. The van der Waals surface area contributed by atoms with Crippen molar-refractivity contribution < 1.29 is 5.11 Å². The van der Waals surface area contributed by atoms with Gasteiger partial charge in [-0.15, -0.1) is 0 Å². The van der Waals surface area contributed by atoms with Crippen LogP contribution in [0.15, 0.2) is 54.6 Å². The molecule has 0 aromatic heterocycles. The Morgan fingerprint density at radius 3 is 2.17 bits per heavy atom. The molecule has 3 heteroatoms. The number of rotatable bonds is 7. The Labute approximate surface area is 139 Å². The summed E-state index contributed by atoms with van der Waals surface area (Å²) in [5, 5.41) is 9.28. The maximum atomic E-state index is 9.28. The fraction of sp³-hybridized carbons (Fsp3) is 0.300. The first-order valence-electron chi connectivity index (χ1n) is 7.95. The van der Waals surface area contributed by atoms with E-state index in [1.165, 1.54) is 16.8 Å². The number of phenols is 1. The van der Waals surface area contributed by atoms with E-state index in [1.54, 1.807) is 12.1 Å². The van der Waals surface area contributed by atoms with E-state index in [1.807, 2.05) is 26.2 Å². The van der Waals surface area contributed by atoms with Crippen molar-refractivity contribution in [3.63, 3.8) is 0 Å². The maximum absolute atomic E-state index is 9.28. The summed E-state index contributed by atoms with van der Waals surface area (Å²) in [5.74, 6) is 0.324. The van der Waals surface area contributed by atoms with Gasteiger partial charge in [0.2, 0.25) is 0 Å². The average Bonchev–Trinajstić information content (AvgIpc) is 2.55. The lowest BCUT2D eigenvalue weighted by molar-refractivity contribution is 0.375. The van der Waals surface area contributed by atoms with Gasteiger partial charge in [-0.1, -0.05) is 36.4 Å². The van der Waals surface area contributed by atoms with Crippen molar-refractivity contribution in [2.75, 3.05) is 39.1 Å². The topological polar surface area (TPSA) is 26.7 Å². The summed E-state index contributed by atoms with van der Waals surface area (Å²) in [7, 11) is 6.22. The fourth-order valence-corrected chi connectivity index (χ4v) is 2.33. The van der Waals surface area contributed by atoms with Gasteiger partial charge < -0.3 is 14.9 Å². The highest BCUT2D eigenvalue weighted by Gasteiger charge is 1.98. The van der Waals surface area contributed by atoms with E-state index in [2.05, 4.69) is 53.3 Å². The van der Waals surface area contributed by atoms with Crippen molar-refractivity contribution in [2.45, 2.75) is 6.42 Å². The van der Waals surface area contributed by atoms with Crippen LogP contribution in [0.2, 0.25) is 0 Å². The van der Waals surface area contributed by atoms with Gasteiger partial charge in [0.15, 0.2) is 0 Å². The second kappa shape index (κ2) is 8.39. The Kier molecular flexibility index (Phi) is 6.24. The molecule has 2 aromatic carbocycles. The minimum absolute atomic E-state index is 0.324. The summed E-state index contributed by atoms with van der Waals surface area (Å²) in [6, 6.07) is 16.0. The molecule has 23 heavy (non-hydrogen) atoms. The van der Waals surface area contributed by atoms with Crippen molar-refractivity contribution in [3.8, 4) is 5.75 Å². The molecule has 122 valence electrons. The van der Waals surface area contributed by atoms with Crippen LogP contribution < -0.4 is 4.90 Å². The van der Waals surface area contributed by atoms with Crippen LogP contribution in [0.5, 0.6) is 5.75 Å². The van der Waals surface area contributed by atoms with Gasteiger partial charge >= 0.3 is 0 Å². The Morgan fingerprint density at radius 1 is 0.913 bits per heavy atom. The van der Waals surface area contributed by atoms with Gasteiger partial charge in [-0.3, -0.25) is 0 Å². The zero-order valence-corrected chi connectivity index (χ0v) is 14.2. The van der Waals surface area contributed by atoms with Crippen molar-refractivity contribution in [2.24, 2.45) is 0 Å². The van der Waals surface area contributed by atoms with E-state index in [4.69, 9.17) is 0 Å². The second-order valence-electron chi connectivity index (χ2n) is 6.07. The van der Waals surface area contributed by atoms with Gasteiger partial charge in [0.05, 0.1) is 0 Å². The van der Waals surface area contributed by atoms with E-state index in [9.17, 15) is 5.11 Å². The summed E-state index contributed by atoms with van der Waals surface area (Å²) in [4.78, 5) is 4.39. The first kappa shape index (κ1) is 17.1. The molecule has 0 saturated carbocycles. The molecule has 0 spiro atoms. The molecule has 3 nitrogen and oxygen atoms in total. The van der Waals surface area contributed by atoms with Gasteiger partial charge in [-0.2, -0.15) is 0 Å². The van der Waals surface area contributed by atoms with Crippen LogP contribution in [0.25, 0.3) is 6.08 Å². The predicted octanol–water partition coefficient (Wildman–Crippen LogP) is 3.65. The number of phenolic OH excluding ortho intramolecular Hbond substituents is 1. The summed E-state index contributed by atoms with van der Waals surface area (Å²) in [6.45, 7) is 1.92. The number of hydrogen-bond donors (Lipinski definition) is 1. The second-order valence-corrected chi connectivity index (χ2v) is 6.07. The number of aromatic hydroxyl groups is 1. The Hall–Kier alpha value is -2.26. The summed E-state index contributed by atoms with van der Waals surface area (Å²) in [5.41, 5.74) is 3.69. The third-order valence-corrected chi connectivity index (χ3v) is 3.86. The van der Waals surface area contributed by atoms with Crippen LogP contribution in [0.1, 0.15) is 11.1 Å². The molecule has 1 N–H and O–H groups in total. The minimum atomic E-state index is 0.324. The third-order valence-electron chi connectivity index (χ3n) is 3.86. The highest BCUT2D eigenvalue weighted by Crippen LogP contribution is 2.13. The molecular formula is C20H26N2O. The highest BCUT2D eigenvalue weighted by molar-refractivity contribution is 5.55. The minimum Gasteiger partial charge on any atom is -0.508 e. The Bertz CT molecular complexity index is 615. The van der Waals surface area contributed by atoms with Crippen molar-refractivity contribution in [1.29, 1.82) is 0 Å². The number of nitrogens with zero attached hydrogens (tertiary/aromatic N) is 2. The van der Waals surface area contributed by atoms with Crippen molar-refractivity contribution >= 4 is 11.8 Å². The average molecular weight is 310 g/mol. The van der Waals surface area contributed by atoms with Crippen LogP contribution in [0, 0.1) is 0 Å². The molecular weight excluding hydrogens is 284 g/mol. The highest BCUT2D eigenvalue weighted by atomic mass is 16.3. The molecule has 0 fully saturated rings. The molecule has 0 aliphatic heterocycles. The molecule has 2 aromatic rings. The summed E-state index contributed by atoms with van der Waals surface area (Å²) >= 11 is 0. The molecule has 0 aliphatic rings. The van der Waals surface area contributed by atoms with E-state index in [0.29, 0.717) is 5.75 Å². The largest absolute Gasteiger partial charge is 0.508 e. The van der Waals surface area contributed by atoms with E-state index in [0.717, 1.165) is 19.5 Å². The fourth-order valence-electron chi connectivity index (χ4n) is 2.33. The smallest absolute Gasteiger partial charge is 0.115 e. The molecule has 0 unspecified atom stereocenters.